The van der Waals surface area contributed by atoms with Crippen molar-refractivity contribution in [1.82, 2.24) is 15.5 Å². The van der Waals surface area contributed by atoms with E-state index in [2.05, 4.69) is 10.6 Å². The van der Waals surface area contributed by atoms with E-state index in [9.17, 15) is 27.6 Å². The number of alkyl halides is 3. The van der Waals surface area contributed by atoms with Crippen LogP contribution in [0.5, 0.6) is 5.75 Å². The van der Waals surface area contributed by atoms with Gasteiger partial charge in [-0.1, -0.05) is 26.0 Å². The molecule has 2 atom stereocenters. The molecule has 0 fully saturated rings. The van der Waals surface area contributed by atoms with Gasteiger partial charge in [-0.2, -0.15) is 13.2 Å². The molecule has 0 aromatic heterocycles. The van der Waals surface area contributed by atoms with Crippen LogP contribution in [0.3, 0.4) is 0 Å². The Bertz CT molecular complexity index is 1270. The first-order chi connectivity index (χ1) is 20.1. The molecule has 238 valence electrons. The van der Waals surface area contributed by atoms with Crippen molar-refractivity contribution in [3.8, 4) is 5.75 Å². The van der Waals surface area contributed by atoms with E-state index < -0.39 is 17.3 Å². The molecule has 0 spiro atoms. The first kappa shape index (κ1) is 35.6. The van der Waals surface area contributed by atoms with Crippen molar-refractivity contribution < 1.29 is 32.3 Å². The number of halogens is 3. The van der Waals surface area contributed by atoms with E-state index in [1.807, 2.05) is 32.7 Å². The second-order valence-corrected chi connectivity index (χ2v) is 11.1. The molecular formula is C32H45F3N4O4. The van der Waals surface area contributed by atoms with E-state index in [-0.39, 0.29) is 35.2 Å². The number of benzene rings is 2. The summed E-state index contributed by atoms with van der Waals surface area (Å²) in [7, 11) is 3.59. The predicted molar refractivity (Wildman–Crippen MR) is 163 cm³/mol. The van der Waals surface area contributed by atoms with Gasteiger partial charge in [0.05, 0.1) is 11.3 Å². The Morgan fingerprint density at radius 2 is 1.74 bits per heavy atom. The maximum atomic E-state index is 14.0. The minimum Gasteiger partial charge on any atom is -0.473 e. The molecule has 0 aliphatic heterocycles. The van der Waals surface area contributed by atoms with Gasteiger partial charge in [-0.3, -0.25) is 14.4 Å². The van der Waals surface area contributed by atoms with E-state index in [0.29, 0.717) is 49.2 Å². The largest absolute Gasteiger partial charge is 0.473 e. The Hall–Kier alpha value is -3.60. The number of hydrogen-bond acceptors (Lipinski definition) is 6. The first-order valence-corrected chi connectivity index (χ1v) is 14.6. The monoisotopic (exact) mass is 606 g/mol. The van der Waals surface area contributed by atoms with Crippen LogP contribution in [0.25, 0.3) is 0 Å². The third-order valence-electron chi connectivity index (χ3n) is 7.44. The van der Waals surface area contributed by atoms with Crippen LogP contribution in [-0.4, -0.2) is 68.8 Å². The van der Waals surface area contributed by atoms with Crippen LogP contribution in [0.15, 0.2) is 36.4 Å². The lowest BCUT2D eigenvalue weighted by Gasteiger charge is -2.36. The zero-order chi connectivity index (χ0) is 32.5. The highest BCUT2D eigenvalue weighted by Gasteiger charge is 2.36. The summed E-state index contributed by atoms with van der Waals surface area (Å²) in [6.07, 6.45) is -3.07. The van der Waals surface area contributed by atoms with Crippen LogP contribution in [0, 0.1) is 6.92 Å². The van der Waals surface area contributed by atoms with E-state index in [0.717, 1.165) is 18.6 Å². The molecule has 1 unspecified atom stereocenters. The van der Waals surface area contributed by atoms with E-state index in [4.69, 9.17) is 4.74 Å². The molecule has 43 heavy (non-hydrogen) atoms. The second-order valence-electron chi connectivity index (χ2n) is 11.1. The molecule has 0 heterocycles. The number of aryl methyl sites for hydroxylation is 1. The number of anilines is 1. The quantitative estimate of drug-likeness (QED) is 0.267. The first-order valence-electron chi connectivity index (χ1n) is 14.6. The van der Waals surface area contributed by atoms with Gasteiger partial charge in [-0.15, -0.1) is 0 Å². The average Bonchev–Trinajstić information content (AvgIpc) is 2.95. The SMILES string of the molecule is CCC(=O)NCCN(C)c1cc(C(=O)N(C(C)C)[C@H](CC)CNC)c(C)cc1OC(C)(C=O)c1cccc(C(F)(F)F)c1. The highest BCUT2D eigenvalue weighted by Crippen LogP contribution is 2.38. The highest BCUT2D eigenvalue weighted by atomic mass is 19.4. The lowest BCUT2D eigenvalue weighted by atomic mass is 9.95. The van der Waals surface area contributed by atoms with Crippen molar-refractivity contribution in [1.29, 1.82) is 0 Å². The number of carbonyl (C=O) groups excluding carboxylic acids is 3. The lowest BCUT2D eigenvalue weighted by Crippen LogP contribution is -2.48. The molecule has 2 rings (SSSR count). The number of hydrogen-bond donors (Lipinski definition) is 2. The summed E-state index contributed by atoms with van der Waals surface area (Å²) in [5.74, 6) is -0.0831. The summed E-state index contributed by atoms with van der Waals surface area (Å²) in [6.45, 7) is 12.1. The van der Waals surface area contributed by atoms with Crippen molar-refractivity contribution in [3.63, 3.8) is 0 Å². The fraction of sp³-hybridized carbons (Fsp3) is 0.531. The van der Waals surface area contributed by atoms with Crippen LogP contribution >= 0.6 is 0 Å². The third-order valence-corrected chi connectivity index (χ3v) is 7.44. The summed E-state index contributed by atoms with van der Waals surface area (Å²) < 4.78 is 46.7. The molecule has 2 N–H and O–H groups in total. The molecule has 2 amide bonds. The van der Waals surface area contributed by atoms with Gasteiger partial charge < -0.3 is 25.2 Å². The highest BCUT2D eigenvalue weighted by molar-refractivity contribution is 5.97. The maximum Gasteiger partial charge on any atom is 0.416 e. The van der Waals surface area contributed by atoms with Gasteiger partial charge in [0.25, 0.3) is 5.91 Å². The summed E-state index contributed by atoms with van der Waals surface area (Å²) in [6, 6.07) is 7.64. The molecule has 2 aromatic rings. The Morgan fingerprint density at radius 1 is 1.09 bits per heavy atom. The van der Waals surface area contributed by atoms with Gasteiger partial charge in [-0.05, 0) is 71.0 Å². The standard InChI is InChI=1S/C32H45F3N4O4/c1-9-25(19-36-7)39(21(3)4)30(42)26-18-27(38(8)15-14-37-29(41)10-2)28(16-22(26)5)43-31(6,20-40)23-12-11-13-24(17-23)32(33,34)35/h11-13,16-18,20-21,25,36H,9-10,14-15,19H2,1-8H3,(H,37,41)/t25-,31?/m1/s1. The van der Waals surface area contributed by atoms with E-state index in [1.165, 1.54) is 19.1 Å². The van der Waals surface area contributed by atoms with Crippen molar-refractivity contribution >= 4 is 23.8 Å². The van der Waals surface area contributed by atoms with Gasteiger partial charge in [0.2, 0.25) is 5.91 Å². The van der Waals surface area contributed by atoms with Crippen LogP contribution in [0.2, 0.25) is 0 Å². The number of amides is 2. The normalized spacial score (nSPS) is 13.7. The molecule has 0 saturated carbocycles. The molecule has 2 aromatic carbocycles. The molecule has 8 nitrogen and oxygen atoms in total. The average molecular weight is 607 g/mol. The molecule has 0 radical (unpaired) electrons. The van der Waals surface area contributed by atoms with Crippen LogP contribution < -0.4 is 20.3 Å². The summed E-state index contributed by atoms with van der Waals surface area (Å²) in [5.41, 5.74) is -1.17. The summed E-state index contributed by atoms with van der Waals surface area (Å²) >= 11 is 0. The molecule has 0 aliphatic rings. The van der Waals surface area contributed by atoms with Gasteiger partial charge in [0, 0.05) is 56.3 Å². The van der Waals surface area contributed by atoms with Crippen molar-refractivity contribution in [2.45, 2.75) is 78.2 Å². The number of nitrogens with zero attached hydrogens (tertiary/aromatic N) is 2. The number of rotatable bonds is 15. The number of aldehydes is 1. The van der Waals surface area contributed by atoms with Gasteiger partial charge in [0.15, 0.2) is 11.9 Å². The van der Waals surface area contributed by atoms with Crippen LogP contribution in [-0.2, 0) is 21.4 Å². The van der Waals surface area contributed by atoms with Gasteiger partial charge >= 0.3 is 6.18 Å². The zero-order valence-corrected chi connectivity index (χ0v) is 26.4. The number of ether oxygens (including phenoxy) is 1. The Labute approximate surface area is 253 Å². The molecule has 11 heteroatoms. The minimum atomic E-state index is -4.60. The minimum absolute atomic E-state index is 0.0304. The van der Waals surface area contributed by atoms with Crippen molar-refractivity contribution in [3.05, 3.63) is 58.7 Å². The molecule has 0 bridgehead atoms. The second kappa shape index (κ2) is 15.2. The molecular weight excluding hydrogens is 561 g/mol. The zero-order valence-electron chi connectivity index (χ0n) is 26.4. The Morgan fingerprint density at radius 3 is 2.28 bits per heavy atom. The van der Waals surface area contributed by atoms with Crippen molar-refractivity contribution in [2.24, 2.45) is 0 Å². The fourth-order valence-electron chi connectivity index (χ4n) is 4.91. The summed E-state index contributed by atoms with van der Waals surface area (Å²) in [4.78, 5) is 41.9. The Kier molecular flexibility index (Phi) is 12.6. The van der Waals surface area contributed by atoms with Crippen molar-refractivity contribution in [2.75, 3.05) is 38.6 Å². The van der Waals surface area contributed by atoms with Gasteiger partial charge in [0.1, 0.15) is 5.75 Å². The Balaban J connectivity index is 2.66. The lowest BCUT2D eigenvalue weighted by molar-refractivity contribution is -0.138. The third kappa shape index (κ3) is 8.95. The van der Waals surface area contributed by atoms with E-state index in [1.54, 1.807) is 37.9 Å². The number of carbonyl (C=O) groups is 3. The van der Waals surface area contributed by atoms with Crippen LogP contribution in [0.1, 0.15) is 74.5 Å². The molecule has 0 aliphatic carbocycles. The fourth-order valence-corrected chi connectivity index (χ4v) is 4.91. The van der Waals surface area contributed by atoms with E-state index >= 15 is 0 Å². The van der Waals surface area contributed by atoms with Crippen LogP contribution in [0.4, 0.5) is 18.9 Å². The predicted octanol–water partition coefficient (Wildman–Crippen LogP) is 5.32. The topological polar surface area (TPSA) is 91.0 Å². The maximum absolute atomic E-state index is 14.0. The number of likely N-dealkylation sites (N-methyl/N-ethyl adjacent to an activating group) is 2. The summed E-state index contributed by atoms with van der Waals surface area (Å²) in [5, 5.41) is 5.96. The smallest absolute Gasteiger partial charge is 0.416 e. The molecule has 0 saturated heterocycles. The van der Waals surface area contributed by atoms with Gasteiger partial charge in [-0.25, -0.2) is 0 Å². The number of nitrogens with one attached hydrogen (secondary N) is 2.